The van der Waals surface area contributed by atoms with Crippen LogP contribution in [0.4, 0.5) is 0 Å². The molecule has 0 aliphatic heterocycles. The lowest BCUT2D eigenvalue weighted by Crippen LogP contribution is -2.31. The molecule has 0 atom stereocenters. The van der Waals surface area contributed by atoms with Gasteiger partial charge in [0.15, 0.2) is 0 Å². The summed E-state index contributed by atoms with van der Waals surface area (Å²) in [6.07, 6.45) is 1.81. The molecular weight excluding hydrogens is 247 g/mol. The summed E-state index contributed by atoms with van der Waals surface area (Å²) in [6.45, 7) is 0.257. The first-order valence-electron chi connectivity index (χ1n) is 5.75. The molecule has 1 aromatic heterocycles. The highest BCUT2D eigenvalue weighted by molar-refractivity contribution is 6.59. The van der Waals surface area contributed by atoms with Gasteiger partial charge in [-0.2, -0.15) is 5.10 Å². The van der Waals surface area contributed by atoms with Crippen LogP contribution in [0.2, 0.25) is 0 Å². The van der Waals surface area contributed by atoms with Gasteiger partial charge in [-0.1, -0.05) is 0 Å². The van der Waals surface area contributed by atoms with Gasteiger partial charge in [0.25, 0.3) is 0 Å². The Kier molecular flexibility index (Phi) is 4.08. The zero-order valence-electron chi connectivity index (χ0n) is 10.8. The number of hydrogen-bond acceptors (Lipinski definition) is 5. The van der Waals surface area contributed by atoms with Crippen molar-refractivity contribution < 1.29 is 19.5 Å². The van der Waals surface area contributed by atoms with Crippen molar-refractivity contribution in [1.82, 2.24) is 9.78 Å². The average molecular weight is 262 g/mol. The molecule has 0 saturated heterocycles. The molecule has 0 unspecified atom stereocenters. The van der Waals surface area contributed by atoms with Gasteiger partial charge >= 0.3 is 7.12 Å². The van der Waals surface area contributed by atoms with Crippen LogP contribution in [0, 0.1) is 0 Å². The van der Waals surface area contributed by atoms with Crippen LogP contribution in [-0.4, -0.2) is 34.1 Å². The van der Waals surface area contributed by atoms with Crippen LogP contribution in [0.25, 0.3) is 0 Å². The third kappa shape index (κ3) is 3.27. The first-order valence-corrected chi connectivity index (χ1v) is 5.75. The van der Waals surface area contributed by atoms with E-state index in [1.54, 1.807) is 16.8 Å². The quantitative estimate of drug-likeness (QED) is 0.723. The topological polar surface area (TPSA) is 76.7 Å². The lowest BCUT2D eigenvalue weighted by molar-refractivity contribution is 0.300. The van der Waals surface area contributed by atoms with Crippen LogP contribution >= 0.6 is 0 Å². The lowest BCUT2D eigenvalue weighted by atomic mass is 9.79. The standard InChI is InChI=1S/C12H15BN2O4/c1-15-6-5-9(14-15)8-19-12-4-3-10(18-2)7-11(12)13(16)17/h3-7,16-17H,8H2,1-2H3. The summed E-state index contributed by atoms with van der Waals surface area (Å²) in [7, 11) is 1.71. The van der Waals surface area contributed by atoms with Gasteiger partial charge in [0.1, 0.15) is 18.1 Å². The molecule has 100 valence electrons. The minimum Gasteiger partial charge on any atom is -0.497 e. The number of rotatable bonds is 5. The highest BCUT2D eigenvalue weighted by Gasteiger charge is 2.18. The van der Waals surface area contributed by atoms with Gasteiger partial charge in [-0.25, -0.2) is 0 Å². The third-order valence-electron chi connectivity index (χ3n) is 2.64. The molecule has 19 heavy (non-hydrogen) atoms. The second-order valence-electron chi connectivity index (χ2n) is 4.05. The Labute approximate surface area is 111 Å². The summed E-state index contributed by atoms with van der Waals surface area (Å²) in [5.41, 5.74) is 1.02. The molecule has 2 aromatic rings. The molecule has 0 aliphatic carbocycles. The highest BCUT2D eigenvalue weighted by Crippen LogP contribution is 2.16. The summed E-state index contributed by atoms with van der Waals surface area (Å²) in [4.78, 5) is 0. The van der Waals surface area contributed by atoms with Gasteiger partial charge in [-0.05, 0) is 24.3 Å². The van der Waals surface area contributed by atoms with Crippen LogP contribution in [0.15, 0.2) is 30.5 Å². The van der Waals surface area contributed by atoms with Gasteiger partial charge in [-0.15, -0.1) is 0 Å². The fraction of sp³-hybridized carbons (Fsp3) is 0.250. The van der Waals surface area contributed by atoms with E-state index >= 15 is 0 Å². The summed E-state index contributed by atoms with van der Waals surface area (Å²) in [5, 5.41) is 22.8. The van der Waals surface area contributed by atoms with Gasteiger partial charge < -0.3 is 19.5 Å². The van der Waals surface area contributed by atoms with Crippen molar-refractivity contribution in [3.8, 4) is 11.5 Å². The van der Waals surface area contributed by atoms with Gasteiger partial charge in [0.05, 0.1) is 12.8 Å². The minimum absolute atomic E-state index is 0.257. The average Bonchev–Trinajstić information content (AvgIpc) is 2.82. The maximum Gasteiger partial charge on any atom is 0.492 e. The first kappa shape index (κ1) is 13.4. The van der Waals surface area contributed by atoms with E-state index in [1.165, 1.54) is 13.2 Å². The van der Waals surface area contributed by atoms with E-state index in [4.69, 9.17) is 9.47 Å². The molecule has 2 rings (SSSR count). The van der Waals surface area contributed by atoms with E-state index in [0.717, 1.165) is 5.69 Å². The molecule has 0 fully saturated rings. The number of aryl methyl sites for hydroxylation is 1. The van der Waals surface area contributed by atoms with Crippen LogP contribution in [-0.2, 0) is 13.7 Å². The van der Waals surface area contributed by atoms with Crippen LogP contribution in [0.1, 0.15) is 5.69 Å². The zero-order chi connectivity index (χ0) is 13.8. The van der Waals surface area contributed by atoms with Crippen molar-refractivity contribution in [2.45, 2.75) is 6.61 Å². The molecule has 0 spiro atoms. The van der Waals surface area contributed by atoms with E-state index in [-0.39, 0.29) is 12.1 Å². The van der Waals surface area contributed by atoms with Crippen molar-refractivity contribution in [2.75, 3.05) is 7.11 Å². The number of ether oxygens (including phenoxy) is 2. The summed E-state index contributed by atoms with van der Waals surface area (Å²) < 4.78 is 12.3. The Bertz CT molecular complexity index is 556. The first-order chi connectivity index (χ1) is 9.10. The molecule has 7 heteroatoms. The Morgan fingerprint density at radius 2 is 2.11 bits per heavy atom. The molecule has 1 heterocycles. The molecule has 6 nitrogen and oxygen atoms in total. The predicted octanol–water partition coefficient (Wildman–Crippen LogP) is -0.312. The Hall–Kier alpha value is -1.99. The fourth-order valence-corrected chi connectivity index (χ4v) is 1.68. The van der Waals surface area contributed by atoms with E-state index in [2.05, 4.69) is 5.10 Å². The Balaban J connectivity index is 2.15. The number of aromatic nitrogens is 2. The van der Waals surface area contributed by atoms with Crippen LogP contribution in [0.3, 0.4) is 0 Å². The maximum atomic E-state index is 9.33. The lowest BCUT2D eigenvalue weighted by Gasteiger charge is -2.11. The molecular formula is C12H15BN2O4. The number of hydrogen-bond donors (Lipinski definition) is 2. The van der Waals surface area contributed by atoms with E-state index in [1.807, 2.05) is 19.3 Å². The predicted molar refractivity (Wildman–Crippen MR) is 70.4 cm³/mol. The second-order valence-corrected chi connectivity index (χ2v) is 4.05. The number of benzene rings is 1. The zero-order valence-corrected chi connectivity index (χ0v) is 10.8. The smallest absolute Gasteiger partial charge is 0.492 e. The Morgan fingerprint density at radius 3 is 2.68 bits per heavy atom. The molecule has 1 aromatic carbocycles. The van der Waals surface area contributed by atoms with Crippen molar-refractivity contribution in [3.63, 3.8) is 0 Å². The normalized spacial score (nSPS) is 10.3. The molecule has 0 aliphatic rings. The molecule has 0 saturated carbocycles. The third-order valence-corrected chi connectivity index (χ3v) is 2.64. The maximum absolute atomic E-state index is 9.33. The molecule has 0 amide bonds. The van der Waals surface area contributed by atoms with E-state index < -0.39 is 7.12 Å². The Morgan fingerprint density at radius 1 is 1.32 bits per heavy atom. The molecule has 0 radical (unpaired) electrons. The highest BCUT2D eigenvalue weighted by atomic mass is 16.5. The van der Waals surface area contributed by atoms with Crippen LogP contribution < -0.4 is 14.9 Å². The minimum atomic E-state index is -1.62. The van der Waals surface area contributed by atoms with Crippen molar-refractivity contribution in [3.05, 3.63) is 36.2 Å². The van der Waals surface area contributed by atoms with E-state index in [0.29, 0.717) is 11.5 Å². The monoisotopic (exact) mass is 262 g/mol. The van der Waals surface area contributed by atoms with Gasteiger partial charge in [0.2, 0.25) is 0 Å². The van der Waals surface area contributed by atoms with Gasteiger partial charge in [-0.3, -0.25) is 4.68 Å². The van der Waals surface area contributed by atoms with Crippen molar-refractivity contribution in [1.29, 1.82) is 0 Å². The fourth-order valence-electron chi connectivity index (χ4n) is 1.68. The van der Waals surface area contributed by atoms with Crippen molar-refractivity contribution >= 4 is 12.6 Å². The molecule has 0 bridgehead atoms. The largest absolute Gasteiger partial charge is 0.497 e. The molecule has 2 N–H and O–H groups in total. The van der Waals surface area contributed by atoms with E-state index in [9.17, 15) is 10.0 Å². The summed E-state index contributed by atoms with van der Waals surface area (Å²) in [5.74, 6) is 0.926. The number of nitrogens with zero attached hydrogens (tertiary/aromatic N) is 2. The SMILES string of the molecule is COc1ccc(OCc2ccn(C)n2)c(B(O)O)c1. The number of methoxy groups -OCH3 is 1. The van der Waals surface area contributed by atoms with Gasteiger partial charge in [0, 0.05) is 18.7 Å². The summed E-state index contributed by atoms with van der Waals surface area (Å²) in [6, 6.07) is 6.69. The van der Waals surface area contributed by atoms with Crippen LogP contribution in [0.5, 0.6) is 11.5 Å². The second kappa shape index (κ2) is 5.77. The summed E-state index contributed by atoms with van der Waals surface area (Å²) >= 11 is 0. The van der Waals surface area contributed by atoms with Crippen molar-refractivity contribution in [2.24, 2.45) is 7.05 Å².